The minimum Gasteiger partial charge on any atom is -0.357 e. The molecule has 3 atom stereocenters. The number of hydrogen-bond acceptors (Lipinski definition) is 4. The average Bonchev–Trinajstić information content (AvgIpc) is 3.18. The van der Waals surface area contributed by atoms with Crippen molar-refractivity contribution in [2.75, 3.05) is 33.4 Å². The lowest BCUT2D eigenvalue weighted by molar-refractivity contribution is 0.310. The lowest BCUT2D eigenvalue weighted by atomic mass is 10.2. The fourth-order valence-corrected chi connectivity index (χ4v) is 4.68. The van der Waals surface area contributed by atoms with E-state index in [0.717, 1.165) is 24.3 Å². The highest BCUT2D eigenvalue weighted by Gasteiger charge is 2.24. The number of guanidine groups is 1. The smallest absolute Gasteiger partial charge is 0.191 e. The molecule has 1 aliphatic rings. The molecule has 4 nitrogen and oxygen atoms in total. The Morgan fingerprint density at radius 3 is 2.87 bits per heavy atom. The first kappa shape index (κ1) is 18.6. The second kappa shape index (κ2) is 9.55. The standard InChI is InChI=1S/C17H30N4S2/c1-5-18-17(20-13-8-9-14(11-13)22-4)19-12-15(21(2)3)16-7-6-10-23-16/h6-7,10,13-15H,5,8-9,11-12H2,1-4H3,(H2,18,19,20). The molecule has 130 valence electrons. The van der Waals surface area contributed by atoms with Gasteiger partial charge in [-0.25, -0.2) is 0 Å². The van der Waals surface area contributed by atoms with Crippen molar-refractivity contribution >= 4 is 29.1 Å². The first-order valence-electron chi connectivity index (χ1n) is 8.41. The third-order valence-electron chi connectivity index (χ3n) is 4.32. The Hall–Kier alpha value is -0.720. The highest BCUT2D eigenvalue weighted by Crippen LogP contribution is 2.28. The van der Waals surface area contributed by atoms with Crippen molar-refractivity contribution in [1.29, 1.82) is 0 Å². The summed E-state index contributed by atoms with van der Waals surface area (Å²) in [4.78, 5) is 8.48. The quantitative estimate of drug-likeness (QED) is 0.583. The van der Waals surface area contributed by atoms with Crippen LogP contribution in [0.2, 0.25) is 0 Å². The second-order valence-corrected chi connectivity index (χ2v) is 8.34. The molecule has 0 amide bonds. The Morgan fingerprint density at radius 1 is 1.48 bits per heavy atom. The summed E-state index contributed by atoms with van der Waals surface area (Å²) in [7, 11) is 4.25. The van der Waals surface area contributed by atoms with Crippen molar-refractivity contribution in [2.24, 2.45) is 4.99 Å². The number of likely N-dealkylation sites (N-methyl/N-ethyl adjacent to an activating group) is 1. The number of hydrogen-bond donors (Lipinski definition) is 2. The molecular formula is C17H30N4S2. The van der Waals surface area contributed by atoms with E-state index >= 15 is 0 Å². The third-order valence-corrected chi connectivity index (χ3v) is 6.39. The van der Waals surface area contributed by atoms with Gasteiger partial charge in [0.2, 0.25) is 0 Å². The maximum Gasteiger partial charge on any atom is 0.191 e. The summed E-state index contributed by atoms with van der Waals surface area (Å²) < 4.78 is 0. The molecule has 6 heteroatoms. The predicted octanol–water partition coefficient (Wildman–Crippen LogP) is 3.19. The fourth-order valence-electron chi connectivity index (χ4n) is 2.97. The van der Waals surface area contributed by atoms with Gasteiger partial charge in [-0.1, -0.05) is 6.07 Å². The molecule has 1 aliphatic carbocycles. The molecule has 1 heterocycles. The molecule has 1 saturated carbocycles. The van der Waals surface area contributed by atoms with Crippen LogP contribution in [0.15, 0.2) is 22.5 Å². The van der Waals surface area contributed by atoms with Gasteiger partial charge in [0.25, 0.3) is 0 Å². The summed E-state index contributed by atoms with van der Waals surface area (Å²) in [6, 6.07) is 5.22. The SMILES string of the molecule is CCNC(=NCC(c1cccs1)N(C)C)NC1CCC(SC)C1. The van der Waals surface area contributed by atoms with Gasteiger partial charge in [0, 0.05) is 22.7 Å². The molecule has 0 spiro atoms. The Kier molecular flexibility index (Phi) is 7.73. The van der Waals surface area contributed by atoms with E-state index in [-0.39, 0.29) is 0 Å². The van der Waals surface area contributed by atoms with Gasteiger partial charge in [0.15, 0.2) is 5.96 Å². The summed E-state index contributed by atoms with van der Waals surface area (Å²) in [5.41, 5.74) is 0. The van der Waals surface area contributed by atoms with Crippen molar-refractivity contribution < 1.29 is 0 Å². The number of thioether (sulfide) groups is 1. The number of nitrogens with zero attached hydrogens (tertiary/aromatic N) is 2. The first-order valence-corrected chi connectivity index (χ1v) is 10.6. The molecule has 1 aromatic rings. The highest BCUT2D eigenvalue weighted by molar-refractivity contribution is 7.99. The third kappa shape index (κ3) is 5.69. The maximum absolute atomic E-state index is 4.86. The molecule has 1 fully saturated rings. The van der Waals surface area contributed by atoms with Gasteiger partial charge in [-0.3, -0.25) is 4.99 Å². The van der Waals surface area contributed by atoms with Crippen LogP contribution in [-0.4, -0.2) is 55.6 Å². The molecule has 23 heavy (non-hydrogen) atoms. The zero-order valence-corrected chi connectivity index (χ0v) is 16.3. The van der Waals surface area contributed by atoms with E-state index < -0.39 is 0 Å². The molecule has 1 aromatic heterocycles. The molecule has 0 saturated heterocycles. The minimum atomic E-state index is 0.341. The lowest BCUT2D eigenvalue weighted by Gasteiger charge is -2.23. The second-order valence-electron chi connectivity index (χ2n) is 6.23. The molecule has 2 rings (SSSR count). The van der Waals surface area contributed by atoms with Crippen molar-refractivity contribution in [1.82, 2.24) is 15.5 Å². The summed E-state index contributed by atoms with van der Waals surface area (Å²) in [6.07, 6.45) is 6.02. The monoisotopic (exact) mass is 354 g/mol. The molecule has 3 unspecified atom stereocenters. The van der Waals surface area contributed by atoms with Crippen LogP contribution in [0.4, 0.5) is 0 Å². The number of rotatable bonds is 7. The van der Waals surface area contributed by atoms with E-state index in [1.54, 1.807) is 11.3 Å². The fraction of sp³-hybridized carbons (Fsp3) is 0.706. The van der Waals surface area contributed by atoms with Gasteiger partial charge in [-0.15, -0.1) is 11.3 Å². The zero-order valence-electron chi connectivity index (χ0n) is 14.7. The van der Waals surface area contributed by atoms with Crippen molar-refractivity contribution in [2.45, 2.75) is 43.5 Å². The Balaban J connectivity index is 1.97. The molecule has 0 radical (unpaired) electrons. The first-order chi connectivity index (χ1) is 11.1. The molecule has 0 aliphatic heterocycles. The summed E-state index contributed by atoms with van der Waals surface area (Å²) in [5, 5.41) is 9.97. The van der Waals surface area contributed by atoms with Crippen LogP contribution in [0.3, 0.4) is 0 Å². The largest absolute Gasteiger partial charge is 0.357 e. The predicted molar refractivity (Wildman–Crippen MR) is 105 cm³/mol. The number of aliphatic imine (C=N–C) groups is 1. The number of thiophene rings is 1. The normalized spacial score (nSPS) is 23.3. The summed E-state index contributed by atoms with van der Waals surface area (Å²) >= 11 is 3.80. The van der Waals surface area contributed by atoms with Gasteiger partial charge in [-0.2, -0.15) is 11.8 Å². The Bertz CT molecular complexity index is 473. The van der Waals surface area contributed by atoms with Crippen LogP contribution >= 0.6 is 23.1 Å². The molecule has 2 N–H and O–H groups in total. The molecule has 0 aromatic carbocycles. The van der Waals surface area contributed by atoms with Crippen LogP contribution in [0, 0.1) is 0 Å². The van der Waals surface area contributed by atoms with Crippen LogP contribution in [0.5, 0.6) is 0 Å². The van der Waals surface area contributed by atoms with Gasteiger partial charge >= 0.3 is 0 Å². The maximum atomic E-state index is 4.86. The number of nitrogens with one attached hydrogen (secondary N) is 2. The van der Waals surface area contributed by atoms with E-state index in [0.29, 0.717) is 12.1 Å². The summed E-state index contributed by atoms with van der Waals surface area (Å²) in [6.45, 7) is 3.80. The minimum absolute atomic E-state index is 0.341. The molecule has 0 bridgehead atoms. The molecular weight excluding hydrogens is 324 g/mol. The van der Waals surface area contributed by atoms with Gasteiger partial charge < -0.3 is 15.5 Å². The van der Waals surface area contributed by atoms with E-state index in [1.165, 1.54) is 24.1 Å². The topological polar surface area (TPSA) is 39.7 Å². The van der Waals surface area contributed by atoms with E-state index in [2.05, 4.69) is 60.3 Å². The average molecular weight is 355 g/mol. The van der Waals surface area contributed by atoms with Gasteiger partial charge in [0.05, 0.1) is 12.6 Å². The van der Waals surface area contributed by atoms with E-state index in [9.17, 15) is 0 Å². The van der Waals surface area contributed by atoms with Crippen LogP contribution in [0.1, 0.15) is 37.1 Å². The summed E-state index contributed by atoms with van der Waals surface area (Å²) in [5.74, 6) is 0.961. The van der Waals surface area contributed by atoms with Crippen LogP contribution < -0.4 is 10.6 Å². The van der Waals surface area contributed by atoms with Crippen LogP contribution in [-0.2, 0) is 0 Å². The lowest BCUT2D eigenvalue weighted by Crippen LogP contribution is -2.43. The van der Waals surface area contributed by atoms with Crippen molar-refractivity contribution in [3.8, 4) is 0 Å². The Labute approximate surface area is 149 Å². The van der Waals surface area contributed by atoms with E-state index in [1.807, 2.05) is 11.8 Å². The highest BCUT2D eigenvalue weighted by atomic mass is 32.2. The zero-order chi connectivity index (χ0) is 16.7. The van der Waals surface area contributed by atoms with Crippen molar-refractivity contribution in [3.63, 3.8) is 0 Å². The van der Waals surface area contributed by atoms with Crippen molar-refractivity contribution in [3.05, 3.63) is 22.4 Å². The Morgan fingerprint density at radius 2 is 2.30 bits per heavy atom. The van der Waals surface area contributed by atoms with Gasteiger partial charge in [0.1, 0.15) is 0 Å². The van der Waals surface area contributed by atoms with Crippen LogP contribution in [0.25, 0.3) is 0 Å². The van der Waals surface area contributed by atoms with Gasteiger partial charge in [-0.05, 0) is 58.0 Å². The van der Waals surface area contributed by atoms with E-state index in [4.69, 9.17) is 4.99 Å².